The van der Waals surface area contributed by atoms with E-state index in [-0.39, 0.29) is 35.9 Å². The van der Waals surface area contributed by atoms with Crippen molar-refractivity contribution in [2.45, 2.75) is 121 Å². The number of anilines is 2. The second kappa shape index (κ2) is 24.9. The van der Waals surface area contributed by atoms with Crippen LogP contribution in [0.15, 0.2) is 175 Å². The van der Waals surface area contributed by atoms with Crippen molar-refractivity contribution >= 4 is 60.9 Å². The second-order valence-corrected chi connectivity index (χ2v) is 31.0. The number of rotatable bonds is 21. The third-order valence-corrected chi connectivity index (χ3v) is 23.4. The van der Waals surface area contributed by atoms with E-state index in [1.54, 1.807) is 42.3 Å². The maximum Gasteiger partial charge on any atom is 0.327 e. The molecule has 0 unspecified atom stereocenters. The van der Waals surface area contributed by atoms with Crippen LogP contribution in [0.5, 0.6) is 0 Å². The minimum absolute atomic E-state index is 0.0444. The first-order valence-corrected chi connectivity index (χ1v) is 34.1. The van der Waals surface area contributed by atoms with Crippen molar-refractivity contribution in [1.82, 2.24) is 38.6 Å². The van der Waals surface area contributed by atoms with Gasteiger partial charge in [0.2, 0.25) is 5.95 Å². The van der Waals surface area contributed by atoms with Crippen molar-refractivity contribution < 1.29 is 36.9 Å². The molecule has 3 aliphatic heterocycles. The van der Waals surface area contributed by atoms with Crippen LogP contribution in [-0.2, 0) is 81.5 Å². The van der Waals surface area contributed by atoms with Crippen molar-refractivity contribution in [3.63, 3.8) is 0 Å². The molecule has 0 spiro atoms. The summed E-state index contributed by atoms with van der Waals surface area (Å²) in [5.74, 6) is 1.15. The Balaban J connectivity index is 0.827. The summed E-state index contributed by atoms with van der Waals surface area (Å²) in [5.41, 5.74) is 6.71. The molecule has 7 heterocycles. The lowest BCUT2D eigenvalue weighted by molar-refractivity contribution is -0.0740. The number of methoxy groups -OCH3 is 2. The predicted octanol–water partition coefficient (Wildman–Crippen LogP) is 10.8. The van der Waals surface area contributed by atoms with E-state index in [0.717, 1.165) is 27.8 Å². The Morgan fingerprint density at radius 3 is 1.68 bits per heavy atom. The number of imidazole rings is 2. The van der Waals surface area contributed by atoms with Gasteiger partial charge in [-0.25, -0.2) is 19.9 Å². The lowest BCUT2D eigenvalue weighted by atomic mass is 10.1. The quantitative estimate of drug-likeness (QED) is 0.0490. The zero-order valence-electron chi connectivity index (χ0n) is 48.7. The van der Waals surface area contributed by atoms with Gasteiger partial charge in [-0.3, -0.25) is 23.0 Å². The van der Waals surface area contributed by atoms with Crippen LogP contribution in [0.4, 0.5) is 11.8 Å². The van der Waals surface area contributed by atoms with Gasteiger partial charge in [-0.1, -0.05) is 172 Å². The van der Waals surface area contributed by atoms with E-state index in [1.165, 1.54) is 0 Å². The van der Waals surface area contributed by atoms with Crippen LogP contribution in [0.1, 0.15) is 61.0 Å². The molecule has 0 N–H and O–H groups in total. The first-order chi connectivity index (χ1) is 41.2. The van der Waals surface area contributed by atoms with Crippen LogP contribution < -0.4 is 15.4 Å². The van der Waals surface area contributed by atoms with Crippen LogP contribution >= 0.6 is 6.72 Å². The Kier molecular flexibility index (Phi) is 17.1. The van der Waals surface area contributed by atoms with E-state index in [4.69, 9.17) is 73.7 Å². The molecule has 9 atom stereocenters. The third kappa shape index (κ3) is 12.3. The normalized spacial score (nSPS) is 23.4. The van der Waals surface area contributed by atoms with Crippen LogP contribution in [-0.4, -0.2) is 111 Å². The molecule has 0 amide bonds. The Morgan fingerprint density at radius 2 is 1.14 bits per heavy atom. The summed E-state index contributed by atoms with van der Waals surface area (Å²) < 4.78 is 59.0. The summed E-state index contributed by atoms with van der Waals surface area (Å²) in [4.78, 5) is 44.0. The molecule has 3 aliphatic rings. The van der Waals surface area contributed by atoms with E-state index in [1.807, 2.05) is 108 Å². The zero-order valence-corrected chi connectivity index (χ0v) is 51.4. The smallest absolute Gasteiger partial charge is 0.327 e. The highest BCUT2D eigenvalue weighted by Gasteiger charge is 2.55. The average Bonchev–Trinajstić information content (AvgIpc) is 2.10. The molecular weight excluding hydrogens is 1130 g/mol. The number of nitrogens with zero attached hydrogens (tertiary/aromatic N) is 10. The Bertz CT molecular complexity index is 3740. The standard InChI is InChI=1S/C63H71N10O9PSSi/c1-63(2,3)85(6,7)82-53-49(80-61(55(53)76-5)72-41-66-50-56(64-40-65-57(50)72)69(33-43-23-13-8-14-24-43)34-44-25-15-9-16-26-44)39-78-83(84)77-38-48-52(81-83)54(75-4)60(79-48)73-42-67-51-58(73)68-62(71(59(51)74)37-47-31-21-12-22-32-47)70(35-45-27-17-10-18-28-45)36-46-29-19-11-20-30-46/h8-32,40-42,48-49,52-55,60-61H,33-39H2,1-7H3/t48-,49-,52-,53-,54-,55-,60-,61-,83-/m1/s1. The van der Waals surface area contributed by atoms with Gasteiger partial charge in [0.1, 0.15) is 43.0 Å². The predicted molar refractivity (Wildman–Crippen MR) is 331 cm³/mol. The molecule has 22 heteroatoms. The molecule has 5 aromatic carbocycles. The molecule has 0 bridgehead atoms. The van der Waals surface area contributed by atoms with Gasteiger partial charge in [-0.05, 0) is 57.8 Å². The number of hydrogen-bond donors (Lipinski definition) is 0. The van der Waals surface area contributed by atoms with Crippen molar-refractivity contribution in [1.29, 1.82) is 0 Å². The minimum Gasteiger partial charge on any atom is -0.408 e. The highest BCUT2D eigenvalue weighted by molar-refractivity contribution is 8.07. The molecule has 19 nitrogen and oxygen atoms in total. The molecular formula is C63H71N10O9PSSi. The lowest BCUT2D eigenvalue weighted by Crippen LogP contribution is -2.50. The average molecular weight is 1200 g/mol. The van der Waals surface area contributed by atoms with Crippen molar-refractivity contribution in [2.75, 3.05) is 37.2 Å². The SMILES string of the molecule is CO[C@@H]1[C@H](O[Si](C)(C)C(C)(C)C)[C@@H](CO[P@]2(=S)OC[C@H]3O[C@@H](n4cnc5c(=O)n(Cc6ccccc6)c(N(Cc6ccccc6)Cc6ccccc6)nc54)[C@H](OC)[C@@H]3O2)O[C@H]1n1cnc2c(N(Cc3ccccc3)Cc3ccccc3)ncnc21. The highest BCUT2D eigenvalue weighted by atomic mass is 32.5. The van der Waals surface area contributed by atoms with Gasteiger partial charge < -0.3 is 42.2 Å². The van der Waals surface area contributed by atoms with Gasteiger partial charge in [0.15, 0.2) is 48.9 Å². The lowest BCUT2D eigenvalue weighted by Gasteiger charge is -2.40. The maximum absolute atomic E-state index is 15.0. The first-order valence-electron chi connectivity index (χ1n) is 28.6. The number of aromatic nitrogens is 8. The van der Waals surface area contributed by atoms with Crippen molar-refractivity contribution in [3.05, 3.63) is 209 Å². The van der Waals surface area contributed by atoms with Gasteiger partial charge in [0.25, 0.3) is 5.56 Å². The summed E-state index contributed by atoms with van der Waals surface area (Å²) in [6, 6.07) is 50.8. The number of hydrogen-bond acceptors (Lipinski definition) is 17. The van der Waals surface area contributed by atoms with Crippen LogP contribution in [0.2, 0.25) is 18.1 Å². The molecule has 442 valence electrons. The molecule has 3 saturated heterocycles. The molecule has 0 saturated carbocycles. The van der Waals surface area contributed by atoms with Crippen LogP contribution in [0, 0.1) is 0 Å². The summed E-state index contributed by atoms with van der Waals surface area (Å²) >= 11 is 6.23. The summed E-state index contributed by atoms with van der Waals surface area (Å²) in [5, 5.41) is -0.162. The Labute approximate surface area is 500 Å². The minimum atomic E-state index is -3.54. The molecule has 0 radical (unpaired) electrons. The second-order valence-electron chi connectivity index (χ2n) is 23.3. The summed E-state index contributed by atoms with van der Waals surface area (Å²) in [6.07, 6.45) is -0.793. The third-order valence-electron chi connectivity index (χ3n) is 16.6. The van der Waals surface area contributed by atoms with E-state index >= 15 is 0 Å². The Hall–Kier alpha value is -6.85. The van der Waals surface area contributed by atoms with Gasteiger partial charge >= 0.3 is 6.72 Å². The first kappa shape index (κ1) is 58.5. The number of benzene rings is 5. The van der Waals surface area contributed by atoms with Gasteiger partial charge in [0, 0.05) is 40.4 Å². The van der Waals surface area contributed by atoms with Gasteiger partial charge in [-0.2, -0.15) is 4.98 Å². The fourth-order valence-electron chi connectivity index (χ4n) is 11.2. The van der Waals surface area contributed by atoms with E-state index < -0.39 is 64.1 Å². The largest absolute Gasteiger partial charge is 0.408 e. The van der Waals surface area contributed by atoms with Gasteiger partial charge in [0.05, 0.1) is 32.4 Å². The van der Waals surface area contributed by atoms with Gasteiger partial charge in [-0.15, -0.1) is 0 Å². The summed E-state index contributed by atoms with van der Waals surface area (Å²) in [7, 11) is 0.755. The molecule has 9 aromatic rings. The maximum atomic E-state index is 15.0. The van der Waals surface area contributed by atoms with Crippen LogP contribution in [0.3, 0.4) is 0 Å². The molecule has 12 rings (SSSR count). The molecule has 3 fully saturated rings. The molecule has 85 heavy (non-hydrogen) atoms. The highest BCUT2D eigenvalue weighted by Crippen LogP contribution is 2.58. The van der Waals surface area contributed by atoms with E-state index in [9.17, 15) is 4.79 Å². The van der Waals surface area contributed by atoms with E-state index in [2.05, 4.69) is 92.2 Å². The van der Waals surface area contributed by atoms with Crippen molar-refractivity contribution in [3.8, 4) is 0 Å². The fourth-order valence-corrected chi connectivity index (χ4v) is 14.6. The van der Waals surface area contributed by atoms with Crippen molar-refractivity contribution in [2.24, 2.45) is 0 Å². The molecule has 4 aromatic heterocycles. The Morgan fingerprint density at radius 1 is 0.635 bits per heavy atom. The van der Waals surface area contributed by atoms with Crippen LogP contribution in [0.25, 0.3) is 22.3 Å². The van der Waals surface area contributed by atoms with E-state index in [0.29, 0.717) is 54.8 Å². The fraction of sp³-hybridized carbons (Fsp3) is 0.365. The molecule has 0 aliphatic carbocycles. The zero-order chi connectivity index (χ0) is 58.9. The number of fused-ring (bicyclic) bond motifs is 3. The number of ether oxygens (including phenoxy) is 4. The topological polar surface area (TPSA) is 177 Å². The monoisotopic (exact) mass is 1200 g/mol. The summed E-state index contributed by atoms with van der Waals surface area (Å²) in [6.45, 7) is 9.83.